The molecule has 1 saturated heterocycles. The van der Waals surface area contributed by atoms with E-state index in [4.69, 9.17) is 4.74 Å². The van der Waals surface area contributed by atoms with Crippen LogP contribution >= 0.6 is 15.9 Å². The molecule has 2 heterocycles. The largest absolute Gasteiger partial charge is 0.370 e. The maximum atomic E-state index is 13.0. The summed E-state index contributed by atoms with van der Waals surface area (Å²) in [7, 11) is 0. The zero-order valence-electron chi connectivity index (χ0n) is 11.2. The van der Waals surface area contributed by atoms with E-state index >= 15 is 0 Å². The van der Waals surface area contributed by atoms with Crippen molar-refractivity contribution >= 4 is 21.8 Å². The quantitative estimate of drug-likeness (QED) is 0.902. The zero-order chi connectivity index (χ0) is 14.8. The van der Waals surface area contributed by atoms with Crippen molar-refractivity contribution in [2.45, 2.75) is 6.10 Å². The van der Waals surface area contributed by atoms with Crippen molar-refractivity contribution in [2.24, 2.45) is 0 Å². The smallest absolute Gasteiger partial charge is 0.270 e. The summed E-state index contributed by atoms with van der Waals surface area (Å²) in [6.45, 7) is 1.48. The Hall–Kier alpha value is -1.66. The van der Waals surface area contributed by atoms with Crippen LogP contribution < -0.4 is 0 Å². The molecular weight excluding hydrogens is 339 g/mol. The van der Waals surface area contributed by atoms with E-state index in [0.29, 0.717) is 25.4 Å². The molecule has 0 saturated carbocycles. The van der Waals surface area contributed by atoms with Crippen LogP contribution in [0.5, 0.6) is 0 Å². The molecule has 0 spiro atoms. The number of carbonyl (C=O) groups is 1. The summed E-state index contributed by atoms with van der Waals surface area (Å²) in [5, 5.41) is 0. The first kappa shape index (κ1) is 14.3. The number of ether oxygens (including phenoxy) is 1. The Bertz CT molecular complexity index is 641. The lowest BCUT2D eigenvalue weighted by atomic mass is 10.1. The number of hydrogen-bond acceptors (Lipinski definition) is 2. The highest BCUT2D eigenvalue weighted by Gasteiger charge is 2.26. The molecule has 1 N–H and O–H groups in total. The van der Waals surface area contributed by atoms with Gasteiger partial charge in [0.2, 0.25) is 0 Å². The van der Waals surface area contributed by atoms with Gasteiger partial charge in [0.15, 0.2) is 0 Å². The van der Waals surface area contributed by atoms with Gasteiger partial charge in [-0.1, -0.05) is 12.1 Å². The average Bonchev–Trinajstić information content (AvgIpc) is 2.94. The molecule has 6 heteroatoms. The summed E-state index contributed by atoms with van der Waals surface area (Å²) in [4.78, 5) is 17.1. The monoisotopic (exact) mass is 352 g/mol. The first-order valence-electron chi connectivity index (χ1n) is 6.64. The van der Waals surface area contributed by atoms with Crippen molar-refractivity contribution in [3.63, 3.8) is 0 Å². The van der Waals surface area contributed by atoms with Crippen LogP contribution in [-0.2, 0) is 4.74 Å². The fraction of sp³-hybridized carbons (Fsp3) is 0.267. The third-order valence-corrected chi connectivity index (χ3v) is 3.93. The number of benzene rings is 1. The number of H-pyrrole nitrogens is 1. The van der Waals surface area contributed by atoms with Gasteiger partial charge in [-0.3, -0.25) is 4.79 Å². The molecule has 1 aliphatic heterocycles. The Balaban J connectivity index is 1.73. The third kappa shape index (κ3) is 3.16. The van der Waals surface area contributed by atoms with Crippen molar-refractivity contribution in [3.8, 4) is 0 Å². The van der Waals surface area contributed by atoms with Crippen LogP contribution in [0.4, 0.5) is 4.39 Å². The topological polar surface area (TPSA) is 45.3 Å². The molecule has 1 amide bonds. The van der Waals surface area contributed by atoms with E-state index in [1.54, 1.807) is 29.3 Å². The van der Waals surface area contributed by atoms with Crippen molar-refractivity contribution < 1.29 is 13.9 Å². The number of carbonyl (C=O) groups excluding carboxylic acids is 1. The molecule has 21 heavy (non-hydrogen) atoms. The van der Waals surface area contributed by atoms with Gasteiger partial charge in [-0.2, -0.15) is 0 Å². The summed E-state index contributed by atoms with van der Waals surface area (Å²) in [6.07, 6.45) is 1.51. The Morgan fingerprint density at radius 2 is 2.14 bits per heavy atom. The predicted octanol–water partition coefficient (Wildman–Crippen LogP) is 3.13. The molecule has 2 aromatic rings. The molecule has 110 valence electrons. The number of hydrogen-bond donors (Lipinski definition) is 1. The van der Waals surface area contributed by atoms with Crippen LogP contribution in [0.15, 0.2) is 41.0 Å². The van der Waals surface area contributed by atoms with E-state index in [9.17, 15) is 9.18 Å². The Morgan fingerprint density at radius 3 is 2.81 bits per heavy atom. The van der Waals surface area contributed by atoms with Gasteiger partial charge in [0.25, 0.3) is 5.91 Å². The lowest BCUT2D eigenvalue weighted by molar-refractivity contribution is -0.0230. The molecule has 0 radical (unpaired) electrons. The third-order valence-electron chi connectivity index (χ3n) is 3.47. The second-order valence-electron chi connectivity index (χ2n) is 4.89. The highest BCUT2D eigenvalue weighted by atomic mass is 79.9. The second kappa shape index (κ2) is 5.99. The Kier molecular flexibility index (Phi) is 4.07. The van der Waals surface area contributed by atoms with E-state index in [2.05, 4.69) is 20.9 Å². The van der Waals surface area contributed by atoms with Crippen molar-refractivity contribution in [1.82, 2.24) is 9.88 Å². The van der Waals surface area contributed by atoms with Crippen molar-refractivity contribution in [3.05, 3.63) is 58.1 Å². The number of morpholine rings is 1. The maximum absolute atomic E-state index is 13.0. The van der Waals surface area contributed by atoms with Crippen LogP contribution in [0.25, 0.3) is 0 Å². The highest BCUT2D eigenvalue weighted by Crippen LogP contribution is 2.24. The summed E-state index contributed by atoms with van der Waals surface area (Å²) in [5.74, 6) is -0.338. The SMILES string of the molecule is O=C(c1cc(Br)c[nH]1)N1CCOC(c2ccc(F)cc2)C1. The molecule has 1 aromatic carbocycles. The standard InChI is InChI=1S/C15H14BrFN2O2/c16-11-7-13(18-8-11)15(20)19-5-6-21-14(9-19)10-1-3-12(17)4-2-10/h1-4,7-8,14,18H,5-6,9H2. The normalized spacial score (nSPS) is 18.8. The van der Waals surface area contributed by atoms with E-state index < -0.39 is 0 Å². The number of amides is 1. The summed E-state index contributed by atoms with van der Waals surface area (Å²) in [6, 6.07) is 7.95. The molecule has 1 unspecified atom stereocenters. The van der Waals surface area contributed by atoms with Gasteiger partial charge in [-0.25, -0.2) is 4.39 Å². The minimum Gasteiger partial charge on any atom is -0.370 e. The number of nitrogens with one attached hydrogen (secondary N) is 1. The number of halogens is 2. The first-order valence-corrected chi connectivity index (χ1v) is 7.43. The van der Waals surface area contributed by atoms with Crippen LogP contribution in [0, 0.1) is 5.82 Å². The summed E-state index contributed by atoms with van der Waals surface area (Å²) in [5.41, 5.74) is 1.42. The number of nitrogens with zero attached hydrogens (tertiary/aromatic N) is 1. The van der Waals surface area contributed by atoms with Gasteiger partial charge in [0.1, 0.15) is 17.6 Å². The molecule has 1 fully saturated rings. The van der Waals surface area contributed by atoms with Crippen molar-refractivity contribution in [2.75, 3.05) is 19.7 Å². The molecule has 0 bridgehead atoms. The zero-order valence-corrected chi connectivity index (χ0v) is 12.8. The van der Waals surface area contributed by atoms with Gasteiger partial charge in [0, 0.05) is 17.2 Å². The van der Waals surface area contributed by atoms with Crippen LogP contribution in [-0.4, -0.2) is 35.5 Å². The maximum Gasteiger partial charge on any atom is 0.270 e. The Morgan fingerprint density at radius 1 is 1.38 bits per heavy atom. The van der Waals surface area contributed by atoms with Gasteiger partial charge in [0.05, 0.1) is 13.2 Å². The predicted molar refractivity (Wildman–Crippen MR) is 79.5 cm³/mol. The lowest BCUT2D eigenvalue weighted by Gasteiger charge is -2.33. The fourth-order valence-corrected chi connectivity index (χ4v) is 2.72. The second-order valence-corrected chi connectivity index (χ2v) is 5.81. The Labute approximate surface area is 130 Å². The molecule has 0 aliphatic carbocycles. The molecule has 1 aromatic heterocycles. The van der Waals surface area contributed by atoms with Gasteiger partial charge >= 0.3 is 0 Å². The van der Waals surface area contributed by atoms with E-state index in [1.807, 2.05) is 0 Å². The van der Waals surface area contributed by atoms with E-state index in [0.717, 1.165) is 10.0 Å². The first-order chi connectivity index (χ1) is 10.1. The molecule has 3 rings (SSSR count). The fourth-order valence-electron chi connectivity index (χ4n) is 2.37. The summed E-state index contributed by atoms with van der Waals surface area (Å²) < 4.78 is 19.5. The molecular formula is C15H14BrFN2O2. The van der Waals surface area contributed by atoms with Gasteiger partial charge < -0.3 is 14.6 Å². The van der Waals surface area contributed by atoms with E-state index in [1.165, 1.54) is 12.1 Å². The molecule has 1 aliphatic rings. The van der Waals surface area contributed by atoms with E-state index in [-0.39, 0.29) is 17.8 Å². The van der Waals surface area contributed by atoms with Crippen LogP contribution in [0.2, 0.25) is 0 Å². The molecule has 4 nitrogen and oxygen atoms in total. The average molecular weight is 353 g/mol. The minimum atomic E-state index is -0.279. The number of aromatic nitrogens is 1. The molecule has 1 atom stereocenters. The van der Waals surface area contributed by atoms with Crippen LogP contribution in [0.1, 0.15) is 22.2 Å². The lowest BCUT2D eigenvalue weighted by Crippen LogP contribution is -2.42. The van der Waals surface area contributed by atoms with Gasteiger partial charge in [-0.15, -0.1) is 0 Å². The van der Waals surface area contributed by atoms with Gasteiger partial charge in [-0.05, 0) is 39.7 Å². The number of aromatic amines is 1. The minimum absolute atomic E-state index is 0.0592. The van der Waals surface area contributed by atoms with Crippen molar-refractivity contribution in [1.29, 1.82) is 0 Å². The highest BCUT2D eigenvalue weighted by molar-refractivity contribution is 9.10. The number of rotatable bonds is 2. The summed E-state index contributed by atoms with van der Waals surface area (Å²) >= 11 is 3.32. The van der Waals surface area contributed by atoms with Crippen LogP contribution in [0.3, 0.4) is 0 Å².